The Labute approximate surface area is 148 Å². The molecular weight excluding hydrogens is 298 g/mol. The molecule has 1 aromatic heterocycles. The van der Waals surface area contributed by atoms with E-state index in [1.54, 1.807) is 6.92 Å². The van der Waals surface area contributed by atoms with Gasteiger partial charge in [0, 0.05) is 25.7 Å². The number of carbonyl (C=O) groups excluding carboxylic acids is 1. The van der Waals surface area contributed by atoms with Gasteiger partial charge >= 0.3 is 0 Å². The Morgan fingerprint density at radius 2 is 2.08 bits per heavy atom. The maximum absolute atomic E-state index is 11.0. The van der Waals surface area contributed by atoms with Gasteiger partial charge in [-0.3, -0.25) is 4.68 Å². The molecule has 0 bridgehead atoms. The van der Waals surface area contributed by atoms with Gasteiger partial charge in [-0.25, -0.2) is 0 Å². The second kappa shape index (κ2) is 11.4. The van der Waals surface area contributed by atoms with E-state index in [4.69, 9.17) is 0 Å². The largest absolute Gasteiger partial charge is 0.303 e. The summed E-state index contributed by atoms with van der Waals surface area (Å²) >= 11 is 0. The topological polar surface area (TPSA) is 38.1 Å². The summed E-state index contributed by atoms with van der Waals surface area (Å²) in [7, 11) is 0. The van der Waals surface area contributed by atoms with Crippen molar-refractivity contribution in [2.24, 2.45) is 5.92 Å². The molecule has 1 unspecified atom stereocenters. The van der Waals surface area contributed by atoms with Gasteiger partial charge in [-0.2, -0.15) is 5.10 Å². The number of likely N-dealkylation sites (tertiary alicyclic amines) is 1. The van der Waals surface area contributed by atoms with Crippen LogP contribution in [0.1, 0.15) is 78.2 Å². The zero-order chi connectivity index (χ0) is 17.9. The van der Waals surface area contributed by atoms with Gasteiger partial charge in [-0.05, 0) is 63.1 Å². The van der Waals surface area contributed by atoms with Crippen LogP contribution < -0.4 is 0 Å². The first kappa shape index (κ1) is 20.9. The van der Waals surface area contributed by atoms with Crippen molar-refractivity contribution in [1.29, 1.82) is 0 Å². The smallest absolute Gasteiger partial charge is 0.129 e. The molecule has 1 saturated heterocycles. The van der Waals surface area contributed by atoms with Crippen molar-refractivity contribution in [3.05, 3.63) is 18.0 Å². The molecule has 0 aromatic carbocycles. The molecule has 1 aliphatic heterocycles. The maximum atomic E-state index is 11.0. The van der Waals surface area contributed by atoms with E-state index in [1.165, 1.54) is 31.5 Å². The van der Waals surface area contributed by atoms with Gasteiger partial charge < -0.3 is 9.69 Å². The second-order valence-electron chi connectivity index (χ2n) is 7.12. The summed E-state index contributed by atoms with van der Waals surface area (Å²) in [6.07, 6.45) is 9.72. The predicted octanol–water partition coefficient (Wildman–Crippen LogP) is 4.50. The van der Waals surface area contributed by atoms with Gasteiger partial charge in [0.25, 0.3) is 0 Å². The number of carbonyl (C=O) groups is 1. The molecule has 2 heterocycles. The number of unbranched alkanes of at least 4 members (excludes halogenated alkanes) is 1. The van der Waals surface area contributed by atoms with Crippen LogP contribution in [-0.2, 0) is 11.3 Å². The SMILES string of the molecule is CC.CC(=O)CCCCN1CCCC(Cn2cc(C(C)C)cn2)C1. The Bertz CT molecular complexity index is 467. The van der Waals surface area contributed by atoms with Crippen LogP contribution in [-0.4, -0.2) is 40.1 Å². The van der Waals surface area contributed by atoms with Crippen LogP contribution in [0.4, 0.5) is 0 Å². The van der Waals surface area contributed by atoms with Crippen molar-refractivity contribution in [3.63, 3.8) is 0 Å². The fourth-order valence-corrected chi connectivity index (χ4v) is 3.25. The van der Waals surface area contributed by atoms with Crippen LogP contribution in [0.2, 0.25) is 0 Å². The molecule has 2 rings (SSSR count). The highest BCUT2D eigenvalue weighted by atomic mass is 16.1. The Morgan fingerprint density at radius 1 is 1.33 bits per heavy atom. The minimum atomic E-state index is 0.316. The lowest BCUT2D eigenvalue weighted by atomic mass is 9.97. The normalized spacial score (nSPS) is 18.3. The van der Waals surface area contributed by atoms with Crippen LogP contribution in [0.15, 0.2) is 12.4 Å². The van der Waals surface area contributed by atoms with Crippen molar-refractivity contribution < 1.29 is 4.79 Å². The van der Waals surface area contributed by atoms with Gasteiger partial charge in [0.15, 0.2) is 0 Å². The lowest BCUT2D eigenvalue weighted by molar-refractivity contribution is -0.117. The summed E-state index contributed by atoms with van der Waals surface area (Å²) in [5.74, 6) is 1.58. The monoisotopic (exact) mass is 335 g/mol. The highest BCUT2D eigenvalue weighted by Gasteiger charge is 2.20. The predicted molar refractivity (Wildman–Crippen MR) is 101 cm³/mol. The molecule has 0 spiro atoms. The van der Waals surface area contributed by atoms with E-state index < -0.39 is 0 Å². The minimum absolute atomic E-state index is 0.316. The van der Waals surface area contributed by atoms with Crippen LogP contribution >= 0.6 is 0 Å². The molecule has 0 N–H and O–H groups in total. The van der Waals surface area contributed by atoms with E-state index in [1.807, 2.05) is 20.0 Å². The lowest BCUT2D eigenvalue weighted by Crippen LogP contribution is -2.37. The molecule has 0 amide bonds. The quantitative estimate of drug-likeness (QED) is 0.656. The fourth-order valence-electron chi connectivity index (χ4n) is 3.25. The zero-order valence-corrected chi connectivity index (χ0v) is 16.4. The molecule has 138 valence electrons. The number of aromatic nitrogens is 2. The average molecular weight is 336 g/mol. The van der Waals surface area contributed by atoms with E-state index in [0.717, 1.165) is 32.4 Å². The van der Waals surface area contributed by atoms with Crippen LogP contribution in [0.3, 0.4) is 0 Å². The summed E-state index contributed by atoms with van der Waals surface area (Å²) in [4.78, 5) is 13.5. The molecule has 1 aromatic rings. The van der Waals surface area contributed by atoms with Crippen LogP contribution in [0, 0.1) is 5.92 Å². The molecule has 4 heteroatoms. The number of rotatable bonds is 8. The van der Waals surface area contributed by atoms with Crippen molar-refractivity contribution in [2.45, 2.75) is 79.2 Å². The summed E-state index contributed by atoms with van der Waals surface area (Å²) in [6, 6.07) is 0. The van der Waals surface area contributed by atoms with Crippen molar-refractivity contribution in [3.8, 4) is 0 Å². The molecule has 24 heavy (non-hydrogen) atoms. The molecule has 0 radical (unpaired) electrons. The first-order valence-corrected chi connectivity index (χ1v) is 9.78. The molecule has 1 fully saturated rings. The molecule has 4 nitrogen and oxygen atoms in total. The summed E-state index contributed by atoms with van der Waals surface area (Å²) in [5, 5.41) is 4.51. The number of hydrogen-bond acceptors (Lipinski definition) is 3. The van der Waals surface area contributed by atoms with Gasteiger partial charge in [0.05, 0.1) is 6.20 Å². The third kappa shape index (κ3) is 7.61. The molecular formula is C20H37N3O. The van der Waals surface area contributed by atoms with Gasteiger partial charge in [0.1, 0.15) is 5.78 Å². The number of nitrogens with zero attached hydrogens (tertiary/aromatic N) is 3. The summed E-state index contributed by atoms with van der Waals surface area (Å²) < 4.78 is 2.12. The van der Waals surface area contributed by atoms with Crippen molar-refractivity contribution in [2.75, 3.05) is 19.6 Å². The highest BCUT2D eigenvalue weighted by Crippen LogP contribution is 2.20. The Kier molecular flexibility index (Phi) is 9.92. The number of Topliss-reactive ketones (excluding diaryl/α,β-unsaturated/α-hetero) is 1. The van der Waals surface area contributed by atoms with E-state index in [9.17, 15) is 4.79 Å². The molecule has 1 aliphatic rings. The van der Waals surface area contributed by atoms with Gasteiger partial charge in [0.2, 0.25) is 0 Å². The molecule has 0 aliphatic carbocycles. The zero-order valence-electron chi connectivity index (χ0n) is 16.4. The van der Waals surface area contributed by atoms with Crippen molar-refractivity contribution in [1.82, 2.24) is 14.7 Å². The van der Waals surface area contributed by atoms with Crippen LogP contribution in [0.25, 0.3) is 0 Å². The first-order chi connectivity index (χ1) is 11.5. The average Bonchev–Trinajstić information content (AvgIpc) is 3.02. The summed E-state index contributed by atoms with van der Waals surface area (Å²) in [5.41, 5.74) is 1.33. The van der Waals surface area contributed by atoms with E-state index in [0.29, 0.717) is 17.6 Å². The van der Waals surface area contributed by atoms with Gasteiger partial charge in [-0.15, -0.1) is 0 Å². The fraction of sp³-hybridized carbons (Fsp3) is 0.800. The third-order valence-corrected chi connectivity index (χ3v) is 4.62. The standard InChI is InChI=1S/C18H31N3O.C2H6/c1-15(2)18-11-19-21(14-18)13-17-8-6-10-20(12-17)9-5-4-7-16(3)22;1-2/h11,14-15,17H,4-10,12-13H2,1-3H3;1-2H3. The van der Waals surface area contributed by atoms with E-state index >= 15 is 0 Å². The minimum Gasteiger partial charge on any atom is -0.303 e. The third-order valence-electron chi connectivity index (χ3n) is 4.62. The number of hydrogen-bond donors (Lipinski definition) is 0. The molecule has 1 atom stereocenters. The van der Waals surface area contributed by atoms with E-state index in [-0.39, 0.29) is 0 Å². The second-order valence-corrected chi connectivity index (χ2v) is 7.12. The Morgan fingerprint density at radius 3 is 2.71 bits per heavy atom. The van der Waals surface area contributed by atoms with Crippen LogP contribution in [0.5, 0.6) is 0 Å². The first-order valence-electron chi connectivity index (χ1n) is 9.78. The van der Waals surface area contributed by atoms with E-state index in [2.05, 4.69) is 34.7 Å². The Balaban J connectivity index is 0.00000139. The summed E-state index contributed by atoms with van der Waals surface area (Å²) in [6.45, 7) is 14.7. The lowest BCUT2D eigenvalue weighted by Gasteiger charge is -2.32. The highest BCUT2D eigenvalue weighted by molar-refractivity contribution is 5.75. The number of piperidine rings is 1. The molecule has 0 saturated carbocycles. The van der Waals surface area contributed by atoms with Crippen molar-refractivity contribution >= 4 is 5.78 Å². The van der Waals surface area contributed by atoms with Gasteiger partial charge in [-0.1, -0.05) is 27.7 Å². The Hall–Kier alpha value is -1.16. The number of ketones is 1. The maximum Gasteiger partial charge on any atom is 0.129 e.